The van der Waals surface area contributed by atoms with Crippen LogP contribution in [-0.4, -0.2) is 35.2 Å². The normalized spacial score (nSPS) is 13.6. The standard InChI is InChI=1S/C12H20O4Si/c1-10(9-17(14-2,15-3)16-4)11-5-7-12(13)8-6-11/h5-8,10,13H,9H2,1-4H3. The van der Waals surface area contributed by atoms with Gasteiger partial charge in [-0.15, -0.1) is 0 Å². The summed E-state index contributed by atoms with van der Waals surface area (Å²) in [7, 11) is 2.30. The molecule has 0 amide bonds. The highest BCUT2D eigenvalue weighted by molar-refractivity contribution is 6.60. The Labute approximate surface area is 104 Å². The first kappa shape index (κ1) is 14.2. The maximum Gasteiger partial charge on any atom is 0.500 e. The van der Waals surface area contributed by atoms with Gasteiger partial charge in [0.1, 0.15) is 5.75 Å². The number of hydrogen-bond donors (Lipinski definition) is 1. The Morgan fingerprint density at radius 3 is 1.94 bits per heavy atom. The third kappa shape index (κ3) is 3.54. The van der Waals surface area contributed by atoms with Crippen LogP contribution in [0.3, 0.4) is 0 Å². The van der Waals surface area contributed by atoms with Crippen molar-refractivity contribution in [3.05, 3.63) is 29.8 Å². The van der Waals surface area contributed by atoms with Crippen molar-refractivity contribution in [3.8, 4) is 5.75 Å². The Morgan fingerprint density at radius 2 is 1.53 bits per heavy atom. The highest BCUT2D eigenvalue weighted by Crippen LogP contribution is 2.28. The van der Waals surface area contributed by atoms with E-state index in [1.54, 1.807) is 33.5 Å². The molecule has 0 aliphatic heterocycles. The van der Waals surface area contributed by atoms with Crippen LogP contribution in [0.1, 0.15) is 18.4 Å². The van der Waals surface area contributed by atoms with E-state index in [4.69, 9.17) is 13.3 Å². The zero-order chi connectivity index (χ0) is 12.9. The second-order valence-corrected chi connectivity index (χ2v) is 6.99. The molecule has 0 spiro atoms. The molecule has 17 heavy (non-hydrogen) atoms. The lowest BCUT2D eigenvalue weighted by Gasteiger charge is -2.27. The highest BCUT2D eigenvalue weighted by Gasteiger charge is 2.39. The van der Waals surface area contributed by atoms with Crippen LogP contribution in [0, 0.1) is 0 Å². The van der Waals surface area contributed by atoms with Crippen molar-refractivity contribution >= 4 is 8.80 Å². The van der Waals surface area contributed by atoms with Gasteiger partial charge in [-0.05, 0) is 23.6 Å². The van der Waals surface area contributed by atoms with E-state index in [0.717, 1.165) is 5.56 Å². The average Bonchev–Trinajstić information content (AvgIpc) is 2.37. The van der Waals surface area contributed by atoms with Gasteiger partial charge in [0.2, 0.25) is 0 Å². The molecule has 0 bridgehead atoms. The van der Waals surface area contributed by atoms with E-state index in [1.165, 1.54) is 0 Å². The molecular formula is C12H20O4Si. The second-order valence-electron chi connectivity index (χ2n) is 3.99. The Kier molecular flexibility index (Phi) is 5.14. The Bertz CT molecular complexity index is 327. The van der Waals surface area contributed by atoms with Crippen LogP contribution in [0.5, 0.6) is 5.75 Å². The summed E-state index contributed by atoms with van der Waals surface area (Å²) >= 11 is 0. The Morgan fingerprint density at radius 1 is 1.06 bits per heavy atom. The van der Waals surface area contributed by atoms with Crippen LogP contribution >= 0.6 is 0 Å². The summed E-state index contributed by atoms with van der Waals surface area (Å²) in [5, 5.41) is 9.24. The van der Waals surface area contributed by atoms with Crippen molar-refractivity contribution in [2.24, 2.45) is 0 Å². The predicted octanol–water partition coefficient (Wildman–Crippen LogP) is 2.37. The molecular weight excluding hydrogens is 236 g/mol. The molecule has 1 unspecified atom stereocenters. The van der Waals surface area contributed by atoms with E-state index in [-0.39, 0.29) is 11.7 Å². The zero-order valence-corrected chi connectivity index (χ0v) is 11.8. The summed E-state index contributed by atoms with van der Waals surface area (Å²) in [5.41, 5.74) is 1.13. The number of rotatable bonds is 6. The van der Waals surface area contributed by atoms with Gasteiger partial charge in [0.05, 0.1) is 0 Å². The van der Waals surface area contributed by atoms with Gasteiger partial charge in [-0.25, -0.2) is 0 Å². The molecule has 0 radical (unpaired) electrons. The van der Waals surface area contributed by atoms with Crippen molar-refractivity contribution in [2.45, 2.75) is 18.9 Å². The fraction of sp³-hybridized carbons (Fsp3) is 0.500. The van der Waals surface area contributed by atoms with Crippen molar-refractivity contribution < 1.29 is 18.4 Å². The number of phenols is 1. The smallest absolute Gasteiger partial charge is 0.500 e. The molecule has 96 valence electrons. The van der Waals surface area contributed by atoms with Gasteiger partial charge in [0.25, 0.3) is 0 Å². The molecule has 0 heterocycles. The maximum absolute atomic E-state index is 9.24. The van der Waals surface area contributed by atoms with Crippen LogP contribution in [0.2, 0.25) is 6.04 Å². The van der Waals surface area contributed by atoms with Crippen LogP contribution in [0.4, 0.5) is 0 Å². The Balaban J connectivity index is 2.76. The minimum absolute atomic E-state index is 0.252. The Hall–Kier alpha value is -0.883. The summed E-state index contributed by atoms with van der Waals surface area (Å²) in [6.07, 6.45) is 0. The molecule has 0 aromatic heterocycles. The molecule has 1 aromatic carbocycles. The molecule has 0 aliphatic carbocycles. The molecule has 0 saturated heterocycles. The summed E-state index contributed by atoms with van der Waals surface area (Å²) in [5.74, 6) is 0.525. The van der Waals surface area contributed by atoms with Gasteiger partial charge in [-0.3, -0.25) is 0 Å². The fourth-order valence-electron chi connectivity index (χ4n) is 1.80. The fourth-order valence-corrected chi connectivity index (χ4v) is 3.78. The number of hydrogen-bond acceptors (Lipinski definition) is 4. The van der Waals surface area contributed by atoms with Gasteiger partial charge in [-0.1, -0.05) is 19.1 Å². The van der Waals surface area contributed by atoms with Gasteiger partial charge in [-0.2, -0.15) is 0 Å². The van der Waals surface area contributed by atoms with Gasteiger partial charge >= 0.3 is 8.80 Å². The highest BCUT2D eigenvalue weighted by atomic mass is 28.4. The summed E-state index contributed by atoms with van der Waals surface area (Å²) in [6.45, 7) is 2.09. The summed E-state index contributed by atoms with van der Waals surface area (Å²) in [4.78, 5) is 0. The van der Waals surface area contributed by atoms with E-state index >= 15 is 0 Å². The van der Waals surface area contributed by atoms with Crippen LogP contribution in [-0.2, 0) is 13.3 Å². The van der Waals surface area contributed by atoms with Gasteiger partial charge in [0, 0.05) is 27.4 Å². The first-order valence-corrected chi connectivity index (χ1v) is 7.44. The lowest BCUT2D eigenvalue weighted by Crippen LogP contribution is -2.43. The first-order valence-electron chi connectivity index (χ1n) is 5.51. The van der Waals surface area contributed by atoms with Crippen molar-refractivity contribution in [1.82, 2.24) is 0 Å². The van der Waals surface area contributed by atoms with Crippen LogP contribution < -0.4 is 0 Å². The van der Waals surface area contributed by atoms with E-state index in [2.05, 4.69) is 6.92 Å². The van der Waals surface area contributed by atoms with Crippen molar-refractivity contribution in [3.63, 3.8) is 0 Å². The maximum atomic E-state index is 9.24. The first-order chi connectivity index (χ1) is 8.06. The van der Waals surface area contributed by atoms with Crippen molar-refractivity contribution in [2.75, 3.05) is 21.3 Å². The third-order valence-electron chi connectivity index (χ3n) is 2.95. The molecule has 1 aromatic rings. The quantitative estimate of drug-likeness (QED) is 0.794. The zero-order valence-electron chi connectivity index (χ0n) is 10.8. The molecule has 0 saturated carbocycles. The van der Waals surface area contributed by atoms with Gasteiger partial charge in [0.15, 0.2) is 0 Å². The second kappa shape index (κ2) is 6.16. The van der Waals surface area contributed by atoms with Crippen molar-refractivity contribution in [1.29, 1.82) is 0 Å². The van der Waals surface area contributed by atoms with E-state index in [1.807, 2.05) is 12.1 Å². The van der Waals surface area contributed by atoms with E-state index < -0.39 is 8.80 Å². The molecule has 1 atom stereocenters. The molecule has 0 aliphatic rings. The molecule has 1 rings (SSSR count). The predicted molar refractivity (Wildman–Crippen MR) is 68.1 cm³/mol. The average molecular weight is 256 g/mol. The largest absolute Gasteiger partial charge is 0.508 e. The number of benzene rings is 1. The minimum Gasteiger partial charge on any atom is -0.508 e. The monoisotopic (exact) mass is 256 g/mol. The summed E-state index contributed by atoms with van der Waals surface area (Å²) in [6, 6.07) is 7.88. The van der Waals surface area contributed by atoms with Crippen LogP contribution in [0.25, 0.3) is 0 Å². The molecule has 4 nitrogen and oxygen atoms in total. The number of phenolic OH excluding ortho intramolecular Hbond substituents is 1. The molecule has 5 heteroatoms. The van der Waals surface area contributed by atoms with Crippen LogP contribution in [0.15, 0.2) is 24.3 Å². The minimum atomic E-state index is -2.54. The van der Waals surface area contributed by atoms with E-state index in [0.29, 0.717) is 6.04 Å². The SMILES string of the molecule is CO[Si](CC(C)c1ccc(O)cc1)(OC)OC. The van der Waals surface area contributed by atoms with E-state index in [9.17, 15) is 5.11 Å². The van der Waals surface area contributed by atoms with Gasteiger partial charge < -0.3 is 18.4 Å². The lowest BCUT2D eigenvalue weighted by molar-refractivity contribution is 0.122. The molecule has 1 N–H and O–H groups in total. The third-order valence-corrected chi connectivity index (χ3v) is 5.93. The topological polar surface area (TPSA) is 47.9 Å². The molecule has 0 fully saturated rings. The number of aromatic hydroxyl groups is 1. The lowest BCUT2D eigenvalue weighted by atomic mass is 10.0. The summed E-state index contributed by atoms with van der Waals surface area (Å²) < 4.78 is 16.2.